The number of fused-ring (bicyclic) bond motifs is 1. The number of benzene rings is 2. The van der Waals surface area contributed by atoms with E-state index >= 15 is 0 Å². The van der Waals surface area contributed by atoms with Gasteiger partial charge in [0.25, 0.3) is 5.91 Å². The number of hydrogen-bond acceptors (Lipinski definition) is 4. The van der Waals surface area contributed by atoms with Crippen molar-refractivity contribution in [1.29, 1.82) is 0 Å². The second-order valence-electron chi connectivity index (χ2n) is 6.95. The molecule has 0 fully saturated rings. The van der Waals surface area contributed by atoms with Crippen LogP contribution in [0.5, 0.6) is 5.75 Å². The van der Waals surface area contributed by atoms with Gasteiger partial charge in [0.05, 0.1) is 24.4 Å². The van der Waals surface area contributed by atoms with Gasteiger partial charge in [0.15, 0.2) is 0 Å². The summed E-state index contributed by atoms with van der Waals surface area (Å²) in [6.07, 6.45) is 1.32. The molecule has 6 heteroatoms. The standard InChI is InChI=1S/C23H29N3O3/c1-4-25(5-2)16-18(27)15-24-23(28)22-20(11-8-12-21(22)29-3)26-14-13-17-9-6-7-10-19(17)26/h6-14,18,27H,4-5,15-16H2,1-3H3,(H,24,28). The number of para-hydroxylation sites is 1. The van der Waals surface area contributed by atoms with Crippen molar-refractivity contribution in [2.75, 3.05) is 33.3 Å². The molecule has 29 heavy (non-hydrogen) atoms. The largest absolute Gasteiger partial charge is 0.496 e. The molecule has 1 amide bonds. The molecule has 1 aromatic heterocycles. The summed E-state index contributed by atoms with van der Waals surface area (Å²) in [5.74, 6) is 0.227. The first-order chi connectivity index (χ1) is 14.1. The van der Waals surface area contributed by atoms with E-state index in [-0.39, 0.29) is 12.5 Å². The smallest absolute Gasteiger partial charge is 0.257 e. The van der Waals surface area contributed by atoms with Crippen LogP contribution in [0, 0.1) is 0 Å². The van der Waals surface area contributed by atoms with Gasteiger partial charge >= 0.3 is 0 Å². The number of aliphatic hydroxyl groups is 1. The van der Waals surface area contributed by atoms with E-state index in [1.165, 1.54) is 0 Å². The van der Waals surface area contributed by atoms with Gasteiger partial charge < -0.3 is 24.6 Å². The first-order valence-corrected chi connectivity index (χ1v) is 10.0. The lowest BCUT2D eigenvalue weighted by atomic mass is 10.1. The third-order valence-electron chi connectivity index (χ3n) is 5.17. The number of hydrogen-bond donors (Lipinski definition) is 2. The third kappa shape index (κ3) is 4.60. The molecule has 0 saturated carbocycles. The lowest BCUT2D eigenvalue weighted by Crippen LogP contribution is -2.40. The highest BCUT2D eigenvalue weighted by Crippen LogP contribution is 2.28. The molecule has 0 aliphatic heterocycles. The molecule has 0 aliphatic carbocycles. The highest BCUT2D eigenvalue weighted by molar-refractivity contribution is 6.01. The molecule has 0 saturated heterocycles. The Morgan fingerprint density at radius 1 is 1.14 bits per heavy atom. The molecule has 2 aromatic carbocycles. The Balaban J connectivity index is 1.87. The minimum atomic E-state index is -0.635. The average Bonchev–Trinajstić information content (AvgIpc) is 3.19. The van der Waals surface area contributed by atoms with Crippen LogP contribution in [0.3, 0.4) is 0 Å². The summed E-state index contributed by atoms with van der Waals surface area (Å²) in [5, 5.41) is 14.3. The van der Waals surface area contributed by atoms with Gasteiger partial charge in [-0.15, -0.1) is 0 Å². The van der Waals surface area contributed by atoms with Crippen molar-refractivity contribution in [2.45, 2.75) is 20.0 Å². The summed E-state index contributed by atoms with van der Waals surface area (Å²) in [5.41, 5.74) is 2.20. The van der Waals surface area contributed by atoms with E-state index in [0.29, 0.717) is 17.9 Å². The molecule has 6 nitrogen and oxygen atoms in total. The molecule has 1 unspecified atom stereocenters. The van der Waals surface area contributed by atoms with Gasteiger partial charge in [0, 0.05) is 19.3 Å². The van der Waals surface area contributed by atoms with Gasteiger partial charge in [-0.25, -0.2) is 0 Å². The molecule has 2 N–H and O–H groups in total. The Morgan fingerprint density at radius 2 is 1.90 bits per heavy atom. The minimum absolute atomic E-state index is 0.180. The molecule has 3 aromatic rings. The van der Waals surface area contributed by atoms with E-state index in [4.69, 9.17) is 4.74 Å². The van der Waals surface area contributed by atoms with E-state index in [2.05, 4.69) is 24.1 Å². The Bertz CT molecular complexity index is 963. The topological polar surface area (TPSA) is 66.7 Å². The zero-order valence-corrected chi connectivity index (χ0v) is 17.3. The maximum absolute atomic E-state index is 13.1. The lowest BCUT2D eigenvalue weighted by molar-refractivity contribution is 0.0867. The van der Waals surface area contributed by atoms with E-state index in [9.17, 15) is 9.90 Å². The van der Waals surface area contributed by atoms with Gasteiger partial charge in [-0.3, -0.25) is 4.79 Å². The normalized spacial score (nSPS) is 12.3. The number of likely N-dealkylation sites (N-methyl/N-ethyl adjacent to an activating group) is 1. The van der Waals surface area contributed by atoms with Crippen LogP contribution in [0.15, 0.2) is 54.7 Å². The van der Waals surface area contributed by atoms with E-state index in [0.717, 1.165) is 29.7 Å². The molecular weight excluding hydrogens is 366 g/mol. The summed E-state index contributed by atoms with van der Waals surface area (Å²) in [6, 6.07) is 15.6. The number of aromatic nitrogens is 1. The third-order valence-corrected chi connectivity index (χ3v) is 5.17. The molecule has 3 rings (SSSR count). The van der Waals surface area contributed by atoms with Crippen molar-refractivity contribution in [3.8, 4) is 11.4 Å². The number of ether oxygens (including phenoxy) is 1. The van der Waals surface area contributed by atoms with Crippen LogP contribution in [0.25, 0.3) is 16.6 Å². The number of carbonyl (C=O) groups excluding carboxylic acids is 1. The van der Waals surface area contributed by atoms with Crippen molar-refractivity contribution in [3.63, 3.8) is 0 Å². The summed E-state index contributed by atoms with van der Waals surface area (Å²) >= 11 is 0. The van der Waals surface area contributed by atoms with Crippen molar-refractivity contribution in [2.24, 2.45) is 0 Å². The fourth-order valence-electron chi connectivity index (χ4n) is 3.55. The Hall–Kier alpha value is -2.83. The predicted octanol–water partition coefficient (Wildman–Crippen LogP) is 3.07. The van der Waals surface area contributed by atoms with Crippen molar-refractivity contribution >= 4 is 16.8 Å². The van der Waals surface area contributed by atoms with Crippen LogP contribution in [-0.4, -0.2) is 59.9 Å². The van der Waals surface area contributed by atoms with Crippen molar-refractivity contribution < 1.29 is 14.6 Å². The van der Waals surface area contributed by atoms with Crippen LogP contribution in [0.1, 0.15) is 24.2 Å². The number of rotatable bonds is 9. The molecule has 0 aliphatic rings. The van der Waals surface area contributed by atoms with Crippen molar-refractivity contribution in [1.82, 2.24) is 14.8 Å². The van der Waals surface area contributed by atoms with Gasteiger partial charge in [0.1, 0.15) is 11.3 Å². The van der Waals surface area contributed by atoms with Crippen LogP contribution in [0.2, 0.25) is 0 Å². The molecule has 0 spiro atoms. The molecule has 0 bridgehead atoms. The fourth-order valence-corrected chi connectivity index (χ4v) is 3.55. The maximum Gasteiger partial charge on any atom is 0.257 e. The second-order valence-corrected chi connectivity index (χ2v) is 6.95. The average molecular weight is 396 g/mol. The summed E-state index contributed by atoms with van der Waals surface area (Å²) < 4.78 is 7.46. The number of aliphatic hydroxyl groups excluding tert-OH is 1. The fraction of sp³-hybridized carbons (Fsp3) is 0.348. The SMILES string of the molecule is CCN(CC)CC(O)CNC(=O)c1c(OC)cccc1-n1ccc2ccccc21. The van der Waals surface area contributed by atoms with Gasteiger partial charge in [-0.05, 0) is 42.7 Å². The van der Waals surface area contributed by atoms with E-state index in [1.54, 1.807) is 13.2 Å². The van der Waals surface area contributed by atoms with E-state index < -0.39 is 6.10 Å². The van der Waals surface area contributed by atoms with Crippen LogP contribution < -0.4 is 10.1 Å². The number of nitrogens with zero attached hydrogens (tertiary/aromatic N) is 2. The number of amides is 1. The minimum Gasteiger partial charge on any atom is -0.496 e. The first kappa shape index (κ1) is 20.9. The maximum atomic E-state index is 13.1. The summed E-state index contributed by atoms with van der Waals surface area (Å²) in [7, 11) is 1.55. The van der Waals surface area contributed by atoms with Crippen LogP contribution in [0.4, 0.5) is 0 Å². The summed E-state index contributed by atoms with van der Waals surface area (Å²) in [4.78, 5) is 15.2. The zero-order chi connectivity index (χ0) is 20.8. The lowest BCUT2D eigenvalue weighted by Gasteiger charge is -2.22. The van der Waals surface area contributed by atoms with Crippen molar-refractivity contribution in [3.05, 3.63) is 60.3 Å². The highest BCUT2D eigenvalue weighted by atomic mass is 16.5. The van der Waals surface area contributed by atoms with Gasteiger partial charge in [-0.2, -0.15) is 0 Å². The Morgan fingerprint density at radius 3 is 2.62 bits per heavy atom. The molecule has 1 heterocycles. The monoisotopic (exact) mass is 395 g/mol. The van der Waals surface area contributed by atoms with Crippen LogP contribution >= 0.6 is 0 Å². The van der Waals surface area contributed by atoms with E-state index in [1.807, 2.05) is 53.2 Å². The molecule has 0 radical (unpaired) electrons. The molecular formula is C23H29N3O3. The second kappa shape index (κ2) is 9.58. The Kier molecular flexibility index (Phi) is 6.90. The number of methoxy groups -OCH3 is 1. The zero-order valence-electron chi connectivity index (χ0n) is 17.3. The first-order valence-electron chi connectivity index (χ1n) is 10.0. The number of nitrogens with one attached hydrogen (secondary N) is 1. The quantitative estimate of drug-likeness (QED) is 0.584. The predicted molar refractivity (Wildman–Crippen MR) is 116 cm³/mol. The summed E-state index contributed by atoms with van der Waals surface area (Å²) in [6.45, 7) is 6.53. The highest BCUT2D eigenvalue weighted by Gasteiger charge is 2.20. The molecule has 1 atom stereocenters. The van der Waals surface area contributed by atoms with Gasteiger partial charge in [-0.1, -0.05) is 38.1 Å². The van der Waals surface area contributed by atoms with Crippen LogP contribution in [-0.2, 0) is 0 Å². The number of carbonyl (C=O) groups is 1. The molecule has 154 valence electrons. The van der Waals surface area contributed by atoms with Gasteiger partial charge in [0.2, 0.25) is 0 Å². The Labute approximate surface area is 171 Å².